The maximum Gasteiger partial charge on any atom is 0.352 e. The molecule has 0 unspecified atom stereocenters. The van der Waals surface area contributed by atoms with Crippen molar-refractivity contribution in [3.05, 3.63) is 61.1 Å². The molecule has 0 aliphatic rings. The van der Waals surface area contributed by atoms with Crippen LogP contribution in [0.1, 0.15) is 25.8 Å². The molecule has 0 saturated heterocycles. The molecular weight excluding hydrogens is 438 g/mol. The van der Waals surface area contributed by atoms with Crippen molar-refractivity contribution in [3.63, 3.8) is 0 Å². The molecule has 4 rings (SSSR count). The summed E-state index contributed by atoms with van der Waals surface area (Å²) in [6.07, 6.45) is 0.766. The fourth-order valence-electron chi connectivity index (χ4n) is 3.39. The van der Waals surface area contributed by atoms with Crippen LogP contribution in [0.25, 0.3) is 16.0 Å². The molecule has 4 aromatic rings. The number of benzene rings is 1. The molecule has 8 nitrogen and oxygen atoms in total. The summed E-state index contributed by atoms with van der Waals surface area (Å²) in [5, 5.41) is 9.43. The topological polar surface area (TPSA) is 90.4 Å². The number of thiophene rings is 1. The molecule has 3 aromatic heterocycles. The van der Waals surface area contributed by atoms with E-state index in [9.17, 15) is 14.4 Å². The van der Waals surface area contributed by atoms with Gasteiger partial charge in [-0.1, -0.05) is 31.5 Å². The van der Waals surface area contributed by atoms with Crippen molar-refractivity contribution in [2.24, 2.45) is 5.92 Å². The van der Waals surface area contributed by atoms with Gasteiger partial charge in [-0.25, -0.2) is 13.9 Å². The lowest BCUT2D eigenvalue weighted by Crippen LogP contribution is -2.29. The predicted molar refractivity (Wildman–Crippen MR) is 123 cm³/mol. The van der Waals surface area contributed by atoms with Gasteiger partial charge in [-0.15, -0.1) is 16.4 Å². The fourth-order valence-corrected chi connectivity index (χ4v) is 4.39. The Morgan fingerprint density at radius 3 is 2.77 bits per heavy atom. The van der Waals surface area contributed by atoms with Crippen molar-refractivity contribution >= 4 is 50.5 Å². The zero-order valence-corrected chi connectivity index (χ0v) is 19.0. The highest BCUT2D eigenvalue weighted by molar-refractivity contribution is 7.17. The minimum atomic E-state index is -0.463. The summed E-state index contributed by atoms with van der Waals surface area (Å²) in [4.78, 5) is 38.7. The van der Waals surface area contributed by atoms with E-state index in [1.165, 1.54) is 20.3 Å². The van der Waals surface area contributed by atoms with Crippen molar-refractivity contribution in [1.82, 2.24) is 18.7 Å². The van der Waals surface area contributed by atoms with Gasteiger partial charge in [-0.3, -0.25) is 14.2 Å². The number of carbonyl (C=O) groups is 1. The van der Waals surface area contributed by atoms with E-state index in [0.29, 0.717) is 33.4 Å². The molecule has 31 heavy (non-hydrogen) atoms. The van der Waals surface area contributed by atoms with E-state index in [2.05, 4.69) is 24.3 Å². The van der Waals surface area contributed by atoms with Crippen LogP contribution in [0.3, 0.4) is 0 Å². The highest BCUT2D eigenvalue weighted by Gasteiger charge is 2.20. The van der Waals surface area contributed by atoms with E-state index >= 15 is 0 Å². The average molecular weight is 460 g/mol. The summed E-state index contributed by atoms with van der Waals surface area (Å²) in [6, 6.07) is 6.94. The molecule has 0 atom stereocenters. The Hall–Kier alpha value is -2.91. The summed E-state index contributed by atoms with van der Waals surface area (Å²) in [6.45, 7) is 6.10. The molecule has 0 radical (unpaired) electrons. The molecule has 0 aliphatic heterocycles. The number of hydrogen-bond acceptors (Lipinski definition) is 5. The lowest BCUT2D eigenvalue weighted by atomic mass is 10.1. The summed E-state index contributed by atoms with van der Waals surface area (Å²) in [5.74, 6) is 0.216. The Kier molecular flexibility index (Phi) is 5.72. The van der Waals surface area contributed by atoms with Crippen molar-refractivity contribution in [2.45, 2.75) is 40.3 Å². The Labute approximate surface area is 186 Å². The van der Waals surface area contributed by atoms with E-state index in [1.54, 1.807) is 36.6 Å². The van der Waals surface area contributed by atoms with Gasteiger partial charge in [0.05, 0.1) is 5.52 Å². The van der Waals surface area contributed by atoms with Gasteiger partial charge in [0.2, 0.25) is 11.7 Å². The quantitative estimate of drug-likeness (QED) is 0.477. The molecule has 0 saturated carbocycles. The van der Waals surface area contributed by atoms with Crippen LogP contribution in [0.2, 0.25) is 5.02 Å². The molecule has 0 spiro atoms. The Bertz CT molecular complexity index is 1410. The normalized spacial score (nSPS) is 11.6. The van der Waals surface area contributed by atoms with E-state index < -0.39 is 11.6 Å². The third-order valence-electron chi connectivity index (χ3n) is 5.15. The Morgan fingerprint density at radius 2 is 2.03 bits per heavy atom. The number of aryl methyl sites for hydroxylation is 1. The predicted octanol–water partition coefficient (Wildman–Crippen LogP) is 3.52. The molecule has 1 amide bonds. The van der Waals surface area contributed by atoms with E-state index in [0.717, 1.165) is 16.7 Å². The summed E-state index contributed by atoms with van der Waals surface area (Å²) < 4.78 is 4.52. The first-order valence-electron chi connectivity index (χ1n) is 9.92. The number of anilines is 1. The van der Waals surface area contributed by atoms with Crippen molar-refractivity contribution in [2.75, 3.05) is 5.32 Å². The Balaban J connectivity index is 1.75. The first-order valence-corrected chi connectivity index (χ1v) is 11.2. The highest BCUT2D eigenvalue weighted by atomic mass is 35.5. The van der Waals surface area contributed by atoms with Crippen LogP contribution >= 0.6 is 22.9 Å². The zero-order chi connectivity index (χ0) is 22.3. The van der Waals surface area contributed by atoms with Crippen LogP contribution in [-0.4, -0.2) is 24.7 Å². The summed E-state index contributed by atoms with van der Waals surface area (Å²) >= 11 is 7.40. The lowest BCUT2D eigenvalue weighted by Gasteiger charge is -2.09. The molecule has 0 fully saturated rings. The first-order chi connectivity index (χ1) is 14.8. The number of rotatable bonds is 6. The summed E-state index contributed by atoms with van der Waals surface area (Å²) in [5.41, 5.74) is 1.18. The second-order valence-electron chi connectivity index (χ2n) is 7.81. The van der Waals surface area contributed by atoms with Crippen LogP contribution in [0.15, 0.2) is 39.2 Å². The molecule has 1 aromatic carbocycles. The number of carbonyl (C=O) groups excluding carboxylic acids is 1. The summed E-state index contributed by atoms with van der Waals surface area (Å²) in [7, 11) is 0. The second-order valence-corrected chi connectivity index (χ2v) is 9.13. The van der Waals surface area contributed by atoms with Crippen LogP contribution in [0, 0.1) is 12.8 Å². The number of nitrogens with zero attached hydrogens (tertiary/aromatic N) is 4. The number of aromatic nitrogens is 4. The third kappa shape index (κ3) is 3.90. The lowest BCUT2D eigenvalue weighted by molar-refractivity contribution is -0.117. The van der Waals surface area contributed by atoms with Gasteiger partial charge in [0.1, 0.15) is 11.2 Å². The highest BCUT2D eigenvalue weighted by Crippen LogP contribution is 2.23. The Morgan fingerprint density at radius 1 is 1.26 bits per heavy atom. The number of halogens is 1. The molecule has 3 heterocycles. The molecule has 1 N–H and O–H groups in total. The molecule has 0 bridgehead atoms. The van der Waals surface area contributed by atoms with E-state index in [1.807, 2.05) is 0 Å². The van der Waals surface area contributed by atoms with Gasteiger partial charge in [0, 0.05) is 17.3 Å². The van der Waals surface area contributed by atoms with E-state index in [4.69, 9.17) is 11.6 Å². The van der Waals surface area contributed by atoms with Crippen LogP contribution in [-0.2, 0) is 17.9 Å². The number of fused-ring (bicyclic) bond motifs is 3. The maximum atomic E-state index is 13.1. The van der Waals surface area contributed by atoms with Crippen molar-refractivity contribution in [1.29, 1.82) is 0 Å². The fraction of sp³-hybridized carbons (Fsp3) is 0.333. The van der Waals surface area contributed by atoms with Gasteiger partial charge in [0.25, 0.3) is 5.56 Å². The first kappa shape index (κ1) is 21.3. The largest absolute Gasteiger partial charge is 0.352 e. The number of nitrogens with one attached hydrogen (secondary N) is 1. The third-order valence-corrected chi connectivity index (χ3v) is 6.45. The van der Waals surface area contributed by atoms with Crippen LogP contribution in [0.5, 0.6) is 0 Å². The zero-order valence-electron chi connectivity index (χ0n) is 17.4. The van der Waals surface area contributed by atoms with Gasteiger partial charge in [-0.05, 0) is 48.4 Å². The van der Waals surface area contributed by atoms with Gasteiger partial charge < -0.3 is 5.32 Å². The van der Waals surface area contributed by atoms with Crippen molar-refractivity contribution in [3.8, 4) is 0 Å². The van der Waals surface area contributed by atoms with Gasteiger partial charge in [-0.2, -0.15) is 0 Å². The van der Waals surface area contributed by atoms with Crippen LogP contribution in [0.4, 0.5) is 5.69 Å². The second kappa shape index (κ2) is 8.32. The standard InChI is InChI=1S/C21H22ClN5O3S/c1-12(2)7-9-25-19(29)18-16(8-10-31-18)27-20(25)24-26(21(27)30)11-17(28)23-15-6-4-5-14(22)13(15)3/h4-6,8,10,12H,7,9,11H2,1-3H3,(H,23,28). The number of hydrogen-bond donors (Lipinski definition) is 1. The average Bonchev–Trinajstić information content (AvgIpc) is 3.31. The van der Waals surface area contributed by atoms with Gasteiger partial charge in [0.15, 0.2) is 0 Å². The minimum absolute atomic E-state index is 0.172. The van der Waals surface area contributed by atoms with Crippen molar-refractivity contribution < 1.29 is 4.79 Å². The van der Waals surface area contributed by atoms with E-state index in [-0.39, 0.29) is 17.9 Å². The maximum absolute atomic E-state index is 13.1. The van der Waals surface area contributed by atoms with Gasteiger partial charge >= 0.3 is 5.69 Å². The molecule has 162 valence electrons. The molecule has 10 heteroatoms. The minimum Gasteiger partial charge on any atom is -0.324 e. The number of amides is 1. The molecule has 0 aliphatic carbocycles. The van der Waals surface area contributed by atoms with Crippen LogP contribution < -0.4 is 16.6 Å². The molecular formula is C21H22ClN5O3S. The monoisotopic (exact) mass is 459 g/mol. The SMILES string of the molecule is Cc1c(Cl)cccc1NC(=O)Cn1nc2n(CCC(C)C)c(=O)c3sccc3n2c1=O. The smallest absolute Gasteiger partial charge is 0.324 e.